The Balaban J connectivity index is 1.50. The Bertz CT molecular complexity index is 908. The van der Waals surface area contributed by atoms with Crippen molar-refractivity contribution in [1.82, 2.24) is 0 Å². The number of hydrogen-bond donors (Lipinski definition) is 2. The van der Waals surface area contributed by atoms with E-state index in [0.717, 1.165) is 18.4 Å². The number of para-hydroxylation sites is 1. The highest BCUT2D eigenvalue weighted by molar-refractivity contribution is 6.00. The number of aryl methyl sites for hydroxylation is 1. The summed E-state index contributed by atoms with van der Waals surface area (Å²) in [7, 11) is 0. The van der Waals surface area contributed by atoms with E-state index in [1.165, 1.54) is 6.07 Å². The molecule has 0 radical (unpaired) electrons. The van der Waals surface area contributed by atoms with Gasteiger partial charge >= 0.3 is 0 Å². The van der Waals surface area contributed by atoms with Crippen molar-refractivity contribution in [2.24, 2.45) is 5.92 Å². The van der Waals surface area contributed by atoms with E-state index in [1.807, 2.05) is 6.07 Å². The first-order chi connectivity index (χ1) is 13.0. The van der Waals surface area contributed by atoms with Crippen LogP contribution in [0, 0.1) is 18.7 Å². The van der Waals surface area contributed by atoms with E-state index < -0.39 is 0 Å². The molecule has 2 N–H and O–H groups in total. The van der Waals surface area contributed by atoms with Gasteiger partial charge in [-0.1, -0.05) is 18.2 Å². The molecule has 6 heteroatoms. The van der Waals surface area contributed by atoms with E-state index in [0.29, 0.717) is 35.0 Å². The molecule has 1 fully saturated rings. The van der Waals surface area contributed by atoms with Crippen LogP contribution in [0.3, 0.4) is 0 Å². The molecule has 4 rings (SSSR count). The van der Waals surface area contributed by atoms with Gasteiger partial charge in [-0.3, -0.25) is 9.59 Å². The van der Waals surface area contributed by atoms with Crippen molar-refractivity contribution in [3.63, 3.8) is 0 Å². The third-order valence-corrected chi connectivity index (χ3v) is 5.12. The second-order valence-electron chi connectivity index (χ2n) is 7.22. The SMILES string of the molecule is Cc1cc(C(CC(=O)Nc2cccc3c2OCC(=O)N3)C2CC2)ccc1F. The molecule has 1 atom stereocenters. The second kappa shape index (κ2) is 7.02. The van der Waals surface area contributed by atoms with Gasteiger partial charge in [0.05, 0.1) is 11.4 Å². The molecule has 27 heavy (non-hydrogen) atoms. The third-order valence-electron chi connectivity index (χ3n) is 5.12. The monoisotopic (exact) mass is 368 g/mol. The highest BCUT2D eigenvalue weighted by Gasteiger charge is 2.34. The quantitative estimate of drug-likeness (QED) is 0.839. The van der Waals surface area contributed by atoms with Crippen LogP contribution in [0.25, 0.3) is 0 Å². The number of carbonyl (C=O) groups excluding carboxylic acids is 2. The summed E-state index contributed by atoms with van der Waals surface area (Å²) in [5, 5.41) is 5.63. The molecular formula is C21H21FN2O3. The van der Waals surface area contributed by atoms with Gasteiger partial charge in [0.15, 0.2) is 12.4 Å². The fourth-order valence-corrected chi connectivity index (χ4v) is 3.57. The Morgan fingerprint density at radius 2 is 2.15 bits per heavy atom. The minimum Gasteiger partial charge on any atom is -0.479 e. The molecule has 2 aromatic rings. The van der Waals surface area contributed by atoms with Crippen molar-refractivity contribution >= 4 is 23.2 Å². The van der Waals surface area contributed by atoms with Crippen LogP contribution in [0.5, 0.6) is 5.75 Å². The van der Waals surface area contributed by atoms with Gasteiger partial charge in [-0.2, -0.15) is 0 Å². The topological polar surface area (TPSA) is 67.4 Å². The van der Waals surface area contributed by atoms with Crippen LogP contribution in [0.4, 0.5) is 15.8 Å². The average Bonchev–Trinajstić information content (AvgIpc) is 3.47. The Labute approximate surface area is 156 Å². The molecule has 2 amide bonds. The number of rotatable bonds is 5. The molecular weight excluding hydrogens is 347 g/mol. The summed E-state index contributed by atoms with van der Waals surface area (Å²) >= 11 is 0. The largest absolute Gasteiger partial charge is 0.479 e. The molecule has 1 saturated carbocycles. The Hall–Kier alpha value is -2.89. The van der Waals surface area contributed by atoms with Crippen LogP contribution >= 0.6 is 0 Å². The summed E-state index contributed by atoms with van der Waals surface area (Å²) in [5.41, 5.74) is 2.70. The summed E-state index contributed by atoms with van der Waals surface area (Å²) in [4.78, 5) is 24.1. The number of ether oxygens (including phenoxy) is 1. The maximum Gasteiger partial charge on any atom is 0.262 e. The minimum atomic E-state index is -0.229. The number of anilines is 2. The van der Waals surface area contributed by atoms with Gasteiger partial charge in [0.25, 0.3) is 5.91 Å². The zero-order valence-electron chi connectivity index (χ0n) is 15.0. The van der Waals surface area contributed by atoms with Gasteiger partial charge < -0.3 is 15.4 Å². The zero-order chi connectivity index (χ0) is 19.0. The van der Waals surface area contributed by atoms with Crippen LogP contribution in [-0.2, 0) is 9.59 Å². The maximum atomic E-state index is 13.6. The summed E-state index contributed by atoms with van der Waals surface area (Å²) in [6.45, 7) is 1.67. The fraction of sp³-hybridized carbons (Fsp3) is 0.333. The molecule has 1 aliphatic heterocycles. The number of amides is 2. The van der Waals surface area contributed by atoms with Crippen LogP contribution in [0.1, 0.15) is 36.3 Å². The van der Waals surface area contributed by atoms with Gasteiger partial charge in [-0.15, -0.1) is 0 Å². The Kier molecular flexibility index (Phi) is 4.56. The summed E-state index contributed by atoms with van der Waals surface area (Å²) in [5.74, 6) is 0.443. The number of benzene rings is 2. The molecule has 2 aromatic carbocycles. The molecule has 1 unspecified atom stereocenters. The lowest BCUT2D eigenvalue weighted by Crippen LogP contribution is -2.26. The van der Waals surface area contributed by atoms with Gasteiger partial charge in [0, 0.05) is 6.42 Å². The summed E-state index contributed by atoms with van der Waals surface area (Å²) in [6, 6.07) is 10.3. The molecule has 1 heterocycles. The third kappa shape index (κ3) is 3.79. The summed E-state index contributed by atoms with van der Waals surface area (Å²) in [6.07, 6.45) is 2.50. The molecule has 140 valence electrons. The Morgan fingerprint density at radius 3 is 2.89 bits per heavy atom. The normalized spacial score (nSPS) is 16.7. The van der Waals surface area contributed by atoms with Crippen molar-refractivity contribution in [1.29, 1.82) is 0 Å². The van der Waals surface area contributed by atoms with E-state index in [4.69, 9.17) is 4.74 Å². The zero-order valence-corrected chi connectivity index (χ0v) is 15.0. The lowest BCUT2D eigenvalue weighted by atomic mass is 9.89. The first kappa shape index (κ1) is 17.5. The van der Waals surface area contributed by atoms with E-state index in [9.17, 15) is 14.0 Å². The van der Waals surface area contributed by atoms with Crippen molar-refractivity contribution in [3.05, 3.63) is 53.3 Å². The molecule has 0 spiro atoms. The predicted molar refractivity (Wildman–Crippen MR) is 100 cm³/mol. The van der Waals surface area contributed by atoms with E-state index in [-0.39, 0.29) is 30.2 Å². The fourth-order valence-electron chi connectivity index (χ4n) is 3.57. The number of hydrogen-bond acceptors (Lipinski definition) is 3. The molecule has 0 saturated heterocycles. The van der Waals surface area contributed by atoms with Crippen molar-refractivity contribution < 1.29 is 18.7 Å². The van der Waals surface area contributed by atoms with E-state index >= 15 is 0 Å². The van der Waals surface area contributed by atoms with Crippen LogP contribution in [-0.4, -0.2) is 18.4 Å². The number of nitrogens with one attached hydrogen (secondary N) is 2. The molecule has 5 nitrogen and oxygen atoms in total. The van der Waals surface area contributed by atoms with Gasteiger partial charge in [0.2, 0.25) is 5.91 Å². The van der Waals surface area contributed by atoms with Crippen LogP contribution in [0.2, 0.25) is 0 Å². The van der Waals surface area contributed by atoms with E-state index in [1.54, 1.807) is 31.2 Å². The number of fused-ring (bicyclic) bond motifs is 1. The van der Waals surface area contributed by atoms with Gasteiger partial charge in [0.1, 0.15) is 5.82 Å². The van der Waals surface area contributed by atoms with Crippen molar-refractivity contribution in [2.75, 3.05) is 17.2 Å². The smallest absolute Gasteiger partial charge is 0.262 e. The summed E-state index contributed by atoms with van der Waals surface area (Å²) < 4.78 is 19.1. The molecule has 2 aliphatic rings. The van der Waals surface area contributed by atoms with Gasteiger partial charge in [-0.25, -0.2) is 4.39 Å². The first-order valence-corrected chi connectivity index (χ1v) is 9.13. The maximum absolute atomic E-state index is 13.6. The lowest BCUT2D eigenvalue weighted by molar-refractivity contribution is -0.118. The number of carbonyl (C=O) groups is 2. The van der Waals surface area contributed by atoms with Crippen molar-refractivity contribution in [2.45, 2.75) is 32.1 Å². The highest BCUT2D eigenvalue weighted by atomic mass is 19.1. The first-order valence-electron chi connectivity index (χ1n) is 9.13. The minimum absolute atomic E-state index is 0.0700. The lowest BCUT2D eigenvalue weighted by Gasteiger charge is -2.22. The van der Waals surface area contributed by atoms with Crippen LogP contribution < -0.4 is 15.4 Å². The Morgan fingerprint density at radius 1 is 1.33 bits per heavy atom. The standard InChI is InChI=1S/C21H21FN2O3/c1-12-9-14(7-8-16(12)22)15(13-5-6-13)10-19(25)23-17-3-2-4-18-21(17)27-11-20(26)24-18/h2-4,7-9,13,15H,5-6,10-11H2,1H3,(H,23,25)(H,24,26). The van der Waals surface area contributed by atoms with Crippen molar-refractivity contribution in [3.8, 4) is 5.75 Å². The molecule has 0 aromatic heterocycles. The number of halogens is 1. The molecule has 0 bridgehead atoms. The second-order valence-corrected chi connectivity index (χ2v) is 7.22. The van der Waals surface area contributed by atoms with E-state index in [2.05, 4.69) is 10.6 Å². The van der Waals surface area contributed by atoms with Gasteiger partial charge in [-0.05, 0) is 60.9 Å². The predicted octanol–water partition coefficient (Wildman–Crippen LogP) is 3.99. The highest BCUT2D eigenvalue weighted by Crippen LogP contribution is 2.45. The molecule has 1 aliphatic carbocycles. The van der Waals surface area contributed by atoms with Crippen LogP contribution in [0.15, 0.2) is 36.4 Å². The average molecular weight is 368 g/mol.